The van der Waals surface area contributed by atoms with Crippen molar-refractivity contribution < 1.29 is 14.2 Å². The number of unbranched alkanes of at least 4 members (excludes halogenated alkanes) is 34. The van der Waals surface area contributed by atoms with Crippen LogP contribution in [-0.4, -0.2) is 32.5 Å². The van der Waals surface area contributed by atoms with Crippen LogP contribution in [0.3, 0.4) is 0 Å². The van der Waals surface area contributed by atoms with E-state index in [2.05, 4.69) is 105 Å². The molecule has 3 rings (SSSR count). The molecule has 0 bridgehead atoms. The molecule has 0 unspecified atom stereocenters. The van der Waals surface area contributed by atoms with Gasteiger partial charge in [-0.05, 0) is 29.5 Å². The van der Waals surface area contributed by atoms with Gasteiger partial charge >= 0.3 is 0 Å². The third kappa shape index (κ3) is 27.8. The minimum atomic E-state index is -0.758. The van der Waals surface area contributed by atoms with Crippen LogP contribution in [0.15, 0.2) is 91.0 Å². The lowest BCUT2D eigenvalue weighted by molar-refractivity contribution is -0.0923. The summed E-state index contributed by atoms with van der Waals surface area (Å²) >= 11 is 0. The summed E-state index contributed by atoms with van der Waals surface area (Å²) in [6, 6.07) is 32.2. The third-order valence-corrected chi connectivity index (χ3v) is 13.8. The molecule has 0 fully saturated rings. The highest BCUT2D eigenvalue weighted by Gasteiger charge is 2.38. The third-order valence-electron chi connectivity index (χ3n) is 13.8. The summed E-state index contributed by atoms with van der Waals surface area (Å²) in [6.07, 6.45) is 49.8. The van der Waals surface area contributed by atoms with Gasteiger partial charge < -0.3 is 14.2 Å². The molecule has 1 atom stereocenters. The van der Waals surface area contributed by atoms with E-state index < -0.39 is 5.60 Å². The molecule has 0 aromatic heterocycles. The van der Waals surface area contributed by atoms with E-state index in [0.717, 1.165) is 42.7 Å². The molecule has 0 saturated heterocycles. The molecule has 3 aromatic rings. The van der Waals surface area contributed by atoms with Crippen molar-refractivity contribution in [3.05, 3.63) is 108 Å². The van der Waals surface area contributed by atoms with Gasteiger partial charge in [-0.1, -0.05) is 323 Å². The maximum atomic E-state index is 7.23. The smallest absolute Gasteiger partial charge is 0.143 e. The maximum Gasteiger partial charge on any atom is 0.143 e. The summed E-state index contributed by atoms with van der Waals surface area (Å²) in [6.45, 7) is 7.17. The zero-order chi connectivity index (χ0) is 45.8. The molecule has 3 nitrogen and oxygen atoms in total. The first-order valence-corrected chi connectivity index (χ1v) is 28.3. The van der Waals surface area contributed by atoms with E-state index in [9.17, 15) is 0 Å². The van der Waals surface area contributed by atoms with Crippen LogP contribution in [0.25, 0.3) is 0 Å². The lowest BCUT2D eigenvalue weighted by Crippen LogP contribution is -2.37. The van der Waals surface area contributed by atoms with E-state index in [1.807, 2.05) is 0 Å². The molecule has 0 spiro atoms. The molecule has 0 radical (unpaired) electrons. The van der Waals surface area contributed by atoms with Gasteiger partial charge in [0.05, 0.1) is 13.2 Å². The van der Waals surface area contributed by atoms with Crippen LogP contribution >= 0.6 is 0 Å². The molecule has 0 aliphatic carbocycles. The highest BCUT2D eigenvalue weighted by Crippen LogP contribution is 2.40. The normalized spacial score (nSPS) is 12.3. The van der Waals surface area contributed by atoms with E-state index in [0.29, 0.717) is 13.2 Å². The molecular weight excluding hydrogens is 793 g/mol. The van der Waals surface area contributed by atoms with E-state index in [-0.39, 0.29) is 6.10 Å². The average molecular weight is 895 g/mol. The molecule has 0 saturated carbocycles. The Morgan fingerprint density at radius 3 is 0.862 bits per heavy atom. The van der Waals surface area contributed by atoms with Crippen LogP contribution in [0.2, 0.25) is 0 Å². The monoisotopic (exact) mass is 895 g/mol. The fourth-order valence-electron chi connectivity index (χ4n) is 9.71. The van der Waals surface area contributed by atoms with Gasteiger partial charge in [-0.15, -0.1) is 0 Å². The number of rotatable bonds is 47. The summed E-state index contributed by atoms with van der Waals surface area (Å²) in [4.78, 5) is 0. The number of hydrogen-bond acceptors (Lipinski definition) is 3. The summed E-state index contributed by atoms with van der Waals surface area (Å²) in [5, 5.41) is 0. The van der Waals surface area contributed by atoms with Gasteiger partial charge in [-0.25, -0.2) is 0 Å². The highest BCUT2D eigenvalue weighted by atomic mass is 16.6. The van der Waals surface area contributed by atoms with Crippen molar-refractivity contribution in [1.29, 1.82) is 0 Å². The van der Waals surface area contributed by atoms with E-state index in [4.69, 9.17) is 14.2 Å². The largest absolute Gasteiger partial charge is 0.379 e. The Labute approximate surface area is 403 Å². The minimum absolute atomic E-state index is 0.133. The first-order valence-electron chi connectivity index (χ1n) is 28.3. The van der Waals surface area contributed by atoms with Gasteiger partial charge in [0, 0.05) is 13.2 Å². The van der Waals surface area contributed by atoms with Crippen LogP contribution in [0.1, 0.15) is 262 Å². The second-order valence-electron chi connectivity index (χ2n) is 19.7. The second-order valence-corrected chi connectivity index (χ2v) is 19.7. The van der Waals surface area contributed by atoms with Crippen LogP contribution < -0.4 is 0 Å². The van der Waals surface area contributed by atoms with E-state index in [1.165, 1.54) is 218 Å². The Morgan fingerprint density at radius 1 is 0.308 bits per heavy atom. The summed E-state index contributed by atoms with van der Waals surface area (Å²) in [7, 11) is 0. The summed E-state index contributed by atoms with van der Waals surface area (Å²) < 4.78 is 20.3. The lowest BCUT2D eigenvalue weighted by atomic mass is 9.80. The van der Waals surface area contributed by atoms with Gasteiger partial charge in [0.2, 0.25) is 0 Å². The Kier molecular flexibility index (Phi) is 36.5. The fraction of sp³-hybridized carbons (Fsp3) is 0.710. The summed E-state index contributed by atoms with van der Waals surface area (Å²) in [5.41, 5.74) is 2.62. The highest BCUT2D eigenvalue weighted by molar-refractivity contribution is 5.47. The topological polar surface area (TPSA) is 27.7 Å². The maximum absolute atomic E-state index is 7.23. The van der Waals surface area contributed by atoms with Crippen LogP contribution in [0.5, 0.6) is 0 Å². The van der Waals surface area contributed by atoms with Crippen molar-refractivity contribution in [2.24, 2.45) is 0 Å². The van der Waals surface area contributed by atoms with Crippen molar-refractivity contribution in [3.63, 3.8) is 0 Å². The molecule has 0 aliphatic heterocycles. The molecule has 3 heteroatoms. The van der Waals surface area contributed by atoms with E-state index >= 15 is 0 Å². The SMILES string of the molecule is CCCCCCCCCCCCCCCCCCCCOC[C@@H](COC(c1ccccc1)(c1ccccc1)c1ccccc1)OCCCCCCCCCCCCCCCCCCCC. The first kappa shape index (κ1) is 56.9. The standard InChI is InChI=1S/C62H102O3/c1-3-5-7-9-11-13-15-17-19-21-23-25-27-29-31-33-35-46-54-63-56-61(64-55-47-36-34-32-30-28-26-24-22-20-18-16-14-12-10-8-6-4-2)57-65-62(58-48-40-37-41-49-58,59-50-42-38-43-51-59)60-52-44-39-45-53-60/h37-45,48-53,61H,3-36,46-47,54-57H2,1-2H3/t61-/m0/s1. The first-order chi connectivity index (χ1) is 32.3. The van der Waals surface area contributed by atoms with Gasteiger partial charge in [-0.2, -0.15) is 0 Å². The van der Waals surface area contributed by atoms with Crippen molar-refractivity contribution >= 4 is 0 Å². The second kappa shape index (κ2) is 41.7. The van der Waals surface area contributed by atoms with Crippen LogP contribution in [0.4, 0.5) is 0 Å². The van der Waals surface area contributed by atoms with Crippen LogP contribution in [-0.2, 0) is 19.8 Å². The Hall–Kier alpha value is -2.46. The fourth-order valence-corrected chi connectivity index (χ4v) is 9.71. The predicted molar refractivity (Wildman–Crippen MR) is 283 cm³/mol. The number of benzene rings is 3. The molecule has 3 aromatic carbocycles. The van der Waals surface area contributed by atoms with Gasteiger partial charge in [0.1, 0.15) is 11.7 Å². The molecule has 0 amide bonds. The van der Waals surface area contributed by atoms with Crippen molar-refractivity contribution in [2.45, 2.75) is 257 Å². The quantitative estimate of drug-likeness (QED) is 0.0418. The number of hydrogen-bond donors (Lipinski definition) is 0. The Bertz CT molecular complexity index is 1300. The predicted octanol–water partition coefficient (Wildman–Crippen LogP) is 19.5. The van der Waals surface area contributed by atoms with Crippen molar-refractivity contribution in [1.82, 2.24) is 0 Å². The van der Waals surface area contributed by atoms with Crippen molar-refractivity contribution in [2.75, 3.05) is 26.4 Å². The lowest BCUT2D eigenvalue weighted by Gasteiger charge is -2.37. The Morgan fingerprint density at radius 2 is 0.569 bits per heavy atom. The van der Waals surface area contributed by atoms with Gasteiger partial charge in [-0.3, -0.25) is 0 Å². The molecule has 0 N–H and O–H groups in total. The Balaban J connectivity index is 1.36. The van der Waals surface area contributed by atoms with E-state index in [1.54, 1.807) is 0 Å². The van der Waals surface area contributed by atoms with Crippen molar-refractivity contribution in [3.8, 4) is 0 Å². The molecule has 0 heterocycles. The number of ether oxygens (including phenoxy) is 3. The zero-order valence-electron chi connectivity index (χ0n) is 42.7. The molecular formula is C62H102O3. The van der Waals surface area contributed by atoms with Crippen LogP contribution in [0, 0.1) is 0 Å². The zero-order valence-corrected chi connectivity index (χ0v) is 42.7. The van der Waals surface area contributed by atoms with Gasteiger partial charge in [0.25, 0.3) is 0 Å². The minimum Gasteiger partial charge on any atom is -0.379 e. The average Bonchev–Trinajstić information content (AvgIpc) is 3.35. The summed E-state index contributed by atoms with van der Waals surface area (Å²) in [5.74, 6) is 0. The molecule has 65 heavy (non-hydrogen) atoms. The molecule has 368 valence electrons. The molecule has 0 aliphatic rings. The van der Waals surface area contributed by atoms with Gasteiger partial charge in [0.15, 0.2) is 0 Å².